The number of amides is 1. The average molecular weight is 381 g/mol. The summed E-state index contributed by atoms with van der Waals surface area (Å²) in [6, 6.07) is 5.83. The summed E-state index contributed by atoms with van der Waals surface area (Å²) in [7, 11) is -4.10. The molecule has 0 atom stereocenters. The zero-order chi connectivity index (χ0) is 19.0. The Morgan fingerprint density at radius 2 is 1.54 bits per heavy atom. The van der Waals surface area contributed by atoms with E-state index in [-0.39, 0.29) is 21.3 Å². The molecule has 1 aliphatic heterocycles. The highest BCUT2D eigenvalue weighted by Crippen LogP contribution is 2.30. The van der Waals surface area contributed by atoms with Crippen molar-refractivity contribution in [3.63, 3.8) is 0 Å². The Labute approximate surface area is 155 Å². The Bertz CT molecular complexity index is 729. The molecular formula is C19H27NO5S. The summed E-state index contributed by atoms with van der Waals surface area (Å²) >= 11 is 0. The smallest absolute Gasteiger partial charge is 0.322 e. The van der Waals surface area contributed by atoms with Crippen LogP contribution in [0.25, 0.3) is 0 Å². The van der Waals surface area contributed by atoms with Gasteiger partial charge in [0.25, 0.3) is 10.0 Å². The van der Waals surface area contributed by atoms with Crippen molar-refractivity contribution in [3.8, 4) is 0 Å². The minimum Gasteiger partial charge on any atom is -0.322 e. The fraction of sp³-hybridized carbons (Fsp3) is 0.579. The SMILES string of the molecule is CCCCCCCCCCCC(=O)ON1C(=O)c2ccccc2S1(=O)=O. The summed E-state index contributed by atoms with van der Waals surface area (Å²) in [4.78, 5) is 28.8. The third-order valence-corrected chi connectivity index (χ3v) is 6.04. The maximum atomic E-state index is 12.3. The summed E-state index contributed by atoms with van der Waals surface area (Å²) in [6.07, 6.45) is 10.1. The monoisotopic (exact) mass is 381 g/mol. The molecule has 2 rings (SSSR count). The van der Waals surface area contributed by atoms with Crippen molar-refractivity contribution in [2.24, 2.45) is 0 Å². The lowest BCUT2D eigenvalue weighted by Crippen LogP contribution is -2.32. The minimum atomic E-state index is -4.10. The van der Waals surface area contributed by atoms with Gasteiger partial charge in [0.2, 0.25) is 0 Å². The minimum absolute atomic E-state index is 0.0309. The molecule has 26 heavy (non-hydrogen) atoms. The third kappa shape index (κ3) is 5.06. The normalized spacial score (nSPS) is 15.1. The number of nitrogens with zero attached hydrogens (tertiary/aromatic N) is 1. The van der Waals surface area contributed by atoms with Crippen LogP contribution in [0.1, 0.15) is 81.5 Å². The van der Waals surface area contributed by atoms with Gasteiger partial charge in [-0.2, -0.15) is 8.42 Å². The van der Waals surface area contributed by atoms with Crippen LogP contribution in [0.2, 0.25) is 0 Å². The van der Waals surface area contributed by atoms with Crippen LogP contribution in [0.5, 0.6) is 0 Å². The molecule has 0 spiro atoms. The quantitative estimate of drug-likeness (QED) is 0.536. The first-order valence-electron chi connectivity index (χ1n) is 9.38. The molecule has 0 N–H and O–H groups in total. The fourth-order valence-electron chi connectivity index (χ4n) is 2.97. The lowest BCUT2D eigenvalue weighted by Gasteiger charge is -2.13. The van der Waals surface area contributed by atoms with Gasteiger partial charge < -0.3 is 4.84 Å². The van der Waals surface area contributed by atoms with Crippen LogP contribution in [0, 0.1) is 0 Å². The number of carbonyl (C=O) groups is 2. The molecular weight excluding hydrogens is 354 g/mol. The number of unbranched alkanes of at least 4 members (excludes halogenated alkanes) is 8. The first kappa shape index (κ1) is 20.4. The van der Waals surface area contributed by atoms with Crippen molar-refractivity contribution in [2.75, 3.05) is 0 Å². The molecule has 7 heteroatoms. The number of hydrogen-bond donors (Lipinski definition) is 0. The second-order valence-electron chi connectivity index (χ2n) is 6.58. The van der Waals surface area contributed by atoms with Crippen molar-refractivity contribution in [3.05, 3.63) is 29.8 Å². The van der Waals surface area contributed by atoms with E-state index in [1.165, 1.54) is 50.3 Å². The standard InChI is InChI=1S/C19H27NO5S/c1-2-3-4-5-6-7-8-9-10-15-18(21)25-20-19(22)16-13-11-12-14-17(16)26(20,23)24/h11-14H,2-10,15H2,1H3. The summed E-state index contributed by atoms with van der Waals surface area (Å²) in [5.41, 5.74) is 0.0309. The van der Waals surface area contributed by atoms with Crippen LogP contribution in [0.3, 0.4) is 0 Å². The molecule has 0 fully saturated rings. The van der Waals surface area contributed by atoms with Crippen molar-refractivity contribution < 1.29 is 22.8 Å². The highest BCUT2D eigenvalue weighted by molar-refractivity contribution is 7.90. The van der Waals surface area contributed by atoms with E-state index in [9.17, 15) is 18.0 Å². The maximum Gasteiger partial charge on any atom is 0.334 e. The van der Waals surface area contributed by atoms with Crippen LogP contribution in [-0.2, 0) is 19.7 Å². The predicted molar refractivity (Wildman–Crippen MR) is 97.7 cm³/mol. The Morgan fingerprint density at radius 1 is 0.962 bits per heavy atom. The van der Waals surface area contributed by atoms with Crippen LogP contribution < -0.4 is 0 Å². The van der Waals surface area contributed by atoms with Gasteiger partial charge in [0.05, 0.1) is 5.56 Å². The molecule has 0 saturated carbocycles. The first-order chi connectivity index (χ1) is 12.5. The van der Waals surface area contributed by atoms with Gasteiger partial charge in [-0.15, -0.1) is 0 Å². The molecule has 1 aromatic carbocycles. The molecule has 0 bridgehead atoms. The predicted octanol–water partition coefficient (Wildman–Crippen LogP) is 4.21. The van der Waals surface area contributed by atoms with E-state index in [4.69, 9.17) is 4.84 Å². The highest BCUT2D eigenvalue weighted by Gasteiger charge is 2.44. The molecule has 1 heterocycles. The van der Waals surface area contributed by atoms with E-state index in [0.717, 1.165) is 19.3 Å². The molecule has 0 radical (unpaired) electrons. The zero-order valence-electron chi connectivity index (χ0n) is 15.3. The molecule has 1 aliphatic rings. The Hall–Kier alpha value is -1.89. The Balaban J connectivity index is 1.70. The topological polar surface area (TPSA) is 80.8 Å². The lowest BCUT2D eigenvalue weighted by molar-refractivity contribution is -0.162. The summed E-state index contributed by atoms with van der Waals surface area (Å²) < 4.78 is 24.8. The Kier molecular flexibility index (Phi) is 7.63. The van der Waals surface area contributed by atoms with E-state index in [0.29, 0.717) is 6.42 Å². The number of fused-ring (bicyclic) bond motifs is 1. The molecule has 1 amide bonds. The van der Waals surface area contributed by atoms with Crippen molar-refractivity contribution in [2.45, 2.75) is 76.0 Å². The van der Waals surface area contributed by atoms with Crippen molar-refractivity contribution >= 4 is 21.9 Å². The van der Waals surface area contributed by atoms with Gasteiger partial charge in [-0.3, -0.25) is 4.79 Å². The average Bonchev–Trinajstić information content (AvgIpc) is 2.81. The number of hydrogen-bond acceptors (Lipinski definition) is 5. The van der Waals surface area contributed by atoms with Gasteiger partial charge >= 0.3 is 11.9 Å². The van der Waals surface area contributed by atoms with Crippen LogP contribution in [0.15, 0.2) is 29.2 Å². The van der Waals surface area contributed by atoms with Crippen LogP contribution in [0.4, 0.5) is 0 Å². The van der Waals surface area contributed by atoms with Crippen molar-refractivity contribution in [1.29, 1.82) is 0 Å². The number of benzene rings is 1. The summed E-state index contributed by atoms with van der Waals surface area (Å²) in [5.74, 6) is -1.52. The molecule has 0 aromatic heterocycles. The number of rotatable bonds is 11. The summed E-state index contributed by atoms with van der Waals surface area (Å²) in [5, 5.41) is 0. The van der Waals surface area contributed by atoms with Gasteiger partial charge in [0.15, 0.2) is 0 Å². The highest BCUT2D eigenvalue weighted by atomic mass is 32.2. The molecule has 0 unspecified atom stereocenters. The molecule has 144 valence electrons. The second kappa shape index (κ2) is 9.71. The van der Waals surface area contributed by atoms with Gasteiger partial charge in [0.1, 0.15) is 4.90 Å². The van der Waals surface area contributed by atoms with E-state index in [2.05, 4.69) is 6.92 Å². The maximum absolute atomic E-state index is 12.3. The largest absolute Gasteiger partial charge is 0.334 e. The molecule has 1 aromatic rings. The Morgan fingerprint density at radius 3 is 2.15 bits per heavy atom. The van der Waals surface area contributed by atoms with E-state index in [1.54, 1.807) is 6.07 Å². The number of hydroxylamine groups is 1. The van der Waals surface area contributed by atoms with Gasteiger partial charge in [-0.1, -0.05) is 70.4 Å². The molecule has 0 aliphatic carbocycles. The van der Waals surface area contributed by atoms with Gasteiger partial charge in [-0.05, 0) is 23.0 Å². The van der Waals surface area contributed by atoms with Gasteiger partial charge in [0, 0.05) is 6.42 Å². The van der Waals surface area contributed by atoms with E-state index >= 15 is 0 Å². The van der Waals surface area contributed by atoms with Crippen LogP contribution in [-0.4, -0.2) is 24.8 Å². The molecule has 0 saturated heterocycles. The lowest BCUT2D eigenvalue weighted by atomic mass is 10.1. The van der Waals surface area contributed by atoms with E-state index in [1.807, 2.05) is 0 Å². The first-order valence-corrected chi connectivity index (χ1v) is 10.8. The van der Waals surface area contributed by atoms with Crippen LogP contribution >= 0.6 is 0 Å². The van der Waals surface area contributed by atoms with Gasteiger partial charge in [-0.25, -0.2) is 4.79 Å². The molecule has 6 nitrogen and oxygen atoms in total. The fourth-order valence-corrected chi connectivity index (χ4v) is 4.33. The zero-order valence-corrected chi connectivity index (χ0v) is 16.1. The number of sulfonamides is 1. The second-order valence-corrected chi connectivity index (χ2v) is 8.30. The van der Waals surface area contributed by atoms with Crippen molar-refractivity contribution in [1.82, 2.24) is 4.47 Å². The number of carbonyl (C=O) groups excluding carboxylic acids is 2. The summed E-state index contributed by atoms with van der Waals surface area (Å²) in [6.45, 7) is 2.19. The third-order valence-electron chi connectivity index (χ3n) is 4.45. The van der Waals surface area contributed by atoms with E-state index < -0.39 is 21.9 Å².